The van der Waals surface area contributed by atoms with E-state index in [2.05, 4.69) is 15.3 Å². The maximum Gasteiger partial charge on any atom is 0.239 e. The molecule has 1 aromatic carbocycles. The van der Waals surface area contributed by atoms with Gasteiger partial charge in [-0.2, -0.15) is 4.98 Å². The molecule has 0 fully saturated rings. The summed E-state index contributed by atoms with van der Waals surface area (Å²) < 4.78 is 5.71. The Kier molecular flexibility index (Phi) is 3.58. The molecule has 0 aliphatic heterocycles. The molecule has 1 amide bonds. The monoisotopic (exact) mass is 301 g/mol. The lowest BCUT2D eigenvalue weighted by Crippen LogP contribution is -2.13. The van der Waals surface area contributed by atoms with E-state index in [9.17, 15) is 4.79 Å². The van der Waals surface area contributed by atoms with Crippen LogP contribution in [0.1, 0.15) is 5.56 Å². The third-order valence-corrected chi connectivity index (χ3v) is 3.37. The van der Waals surface area contributed by atoms with E-state index >= 15 is 0 Å². The first-order chi connectivity index (χ1) is 10.2. The molecule has 0 bridgehead atoms. The molecule has 3 aromatic rings. The summed E-state index contributed by atoms with van der Waals surface area (Å²) in [6.45, 7) is 1.89. The summed E-state index contributed by atoms with van der Waals surface area (Å²) in [6, 6.07) is 9.13. The van der Waals surface area contributed by atoms with E-state index in [1.807, 2.05) is 31.2 Å². The number of alkyl halides is 1. The molecule has 1 N–H and O–H groups in total. The number of amides is 1. The van der Waals surface area contributed by atoms with Crippen LogP contribution in [0.3, 0.4) is 0 Å². The number of carbonyl (C=O) groups is 1. The molecule has 0 atom stereocenters. The standard InChI is InChI=1S/C15H12ClN3O2/c1-9-10(4-2-5-11(9)18-13(20)8-16)15-19-14-12(21-15)6-3-7-17-14/h2-7H,8H2,1H3,(H,18,20). The molecule has 3 rings (SSSR count). The van der Waals surface area contributed by atoms with E-state index < -0.39 is 0 Å². The molecule has 0 radical (unpaired) electrons. The van der Waals surface area contributed by atoms with Crippen molar-refractivity contribution in [1.82, 2.24) is 9.97 Å². The second-order valence-corrected chi connectivity index (χ2v) is 4.77. The Morgan fingerprint density at radius 2 is 2.19 bits per heavy atom. The summed E-state index contributed by atoms with van der Waals surface area (Å²) in [5.74, 6) is 0.135. The molecule has 2 aromatic heterocycles. The van der Waals surface area contributed by atoms with Gasteiger partial charge in [0.05, 0.1) is 0 Å². The lowest BCUT2D eigenvalue weighted by Gasteiger charge is -2.09. The predicted octanol–water partition coefficient (Wildman–Crippen LogP) is 3.38. The number of nitrogens with zero attached hydrogens (tertiary/aromatic N) is 2. The van der Waals surface area contributed by atoms with Gasteiger partial charge in [-0.1, -0.05) is 6.07 Å². The van der Waals surface area contributed by atoms with Gasteiger partial charge in [0, 0.05) is 17.4 Å². The first-order valence-corrected chi connectivity index (χ1v) is 6.90. The van der Waals surface area contributed by atoms with Gasteiger partial charge in [-0.3, -0.25) is 4.79 Å². The van der Waals surface area contributed by atoms with E-state index in [0.717, 1.165) is 11.1 Å². The second-order valence-electron chi connectivity index (χ2n) is 4.50. The topological polar surface area (TPSA) is 68.0 Å². The molecular formula is C15H12ClN3O2. The number of aromatic nitrogens is 2. The van der Waals surface area contributed by atoms with Crippen molar-refractivity contribution in [3.63, 3.8) is 0 Å². The van der Waals surface area contributed by atoms with Crippen LogP contribution in [0.25, 0.3) is 22.7 Å². The number of benzene rings is 1. The van der Waals surface area contributed by atoms with Crippen LogP contribution in [-0.4, -0.2) is 21.8 Å². The summed E-state index contributed by atoms with van der Waals surface area (Å²) in [7, 11) is 0. The second kappa shape index (κ2) is 5.54. The van der Waals surface area contributed by atoms with Crippen molar-refractivity contribution in [1.29, 1.82) is 0 Å². The van der Waals surface area contributed by atoms with E-state index in [1.165, 1.54) is 0 Å². The van der Waals surface area contributed by atoms with Gasteiger partial charge in [-0.25, -0.2) is 4.98 Å². The molecule has 2 heterocycles. The number of oxazole rings is 1. The van der Waals surface area contributed by atoms with Crippen molar-refractivity contribution < 1.29 is 9.21 Å². The number of halogens is 1. The summed E-state index contributed by atoms with van der Waals surface area (Å²) in [5.41, 5.74) is 3.54. The minimum absolute atomic E-state index is 0.0868. The first-order valence-electron chi connectivity index (χ1n) is 6.36. The third-order valence-electron chi connectivity index (χ3n) is 3.12. The Labute approximate surface area is 126 Å². The fourth-order valence-electron chi connectivity index (χ4n) is 2.07. The van der Waals surface area contributed by atoms with Crippen LogP contribution in [0, 0.1) is 6.92 Å². The predicted molar refractivity (Wildman–Crippen MR) is 81.3 cm³/mol. The molecule has 5 nitrogen and oxygen atoms in total. The fourth-order valence-corrected chi connectivity index (χ4v) is 2.14. The summed E-state index contributed by atoms with van der Waals surface area (Å²) in [4.78, 5) is 19.9. The van der Waals surface area contributed by atoms with Gasteiger partial charge >= 0.3 is 0 Å². The van der Waals surface area contributed by atoms with Gasteiger partial charge < -0.3 is 9.73 Å². The number of rotatable bonds is 3. The number of pyridine rings is 1. The summed E-state index contributed by atoms with van der Waals surface area (Å²) >= 11 is 5.51. The SMILES string of the molecule is Cc1c(NC(=O)CCl)cccc1-c1nc2ncccc2o1. The Balaban J connectivity index is 2.05. The number of nitrogens with one attached hydrogen (secondary N) is 1. The number of fused-ring (bicyclic) bond motifs is 1. The highest BCUT2D eigenvalue weighted by molar-refractivity contribution is 6.29. The Morgan fingerprint density at radius 1 is 1.33 bits per heavy atom. The molecule has 0 unspecified atom stereocenters. The van der Waals surface area contributed by atoms with E-state index in [1.54, 1.807) is 12.3 Å². The van der Waals surface area contributed by atoms with Crippen molar-refractivity contribution in [3.8, 4) is 11.5 Å². The van der Waals surface area contributed by atoms with Crippen LogP contribution in [0.15, 0.2) is 40.9 Å². The first kappa shape index (κ1) is 13.6. The van der Waals surface area contributed by atoms with Gasteiger partial charge in [0.2, 0.25) is 11.8 Å². The quantitative estimate of drug-likeness (QED) is 0.753. The average Bonchev–Trinajstić information content (AvgIpc) is 2.92. The van der Waals surface area contributed by atoms with Gasteiger partial charge in [-0.05, 0) is 36.8 Å². The molecule has 6 heteroatoms. The minimum Gasteiger partial charge on any atom is -0.434 e. The maximum atomic E-state index is 11.4. The Bertz CT molecular complexity index is 781. The minimum atomic E-state index is -0.254. The van der Waals surface area contributed by atoms with E-state index in [-0.39, 0.29) is 11.8 Å². The van der Waals surface area contributed by atoms with Crippen molar-refractivity contribution in [2.24, 2.45) is 0 Å². The number of hydrogen-bond donors (Lipinski definition) is 1. The highest BCUT2D eigenvalue weighted by Gasteiger charge is 2.14. The zero-order valence-electron chi connectivity index (χ0n) is 11.3. The van der Waals surface area contributed by atoms with Crippen LogP contribution in [0.2, 0.25) is 0 Å². The van der Waals surface area contributed by atoms with Gasteiger partial charge in [-0.15, -0.1) is 11.6 Å². The lowest BCUT2D eigenvalue weighted by atomic mass is 10.1. The molecule has 0 spiro atoms. The van der Waals surface area contributed by atoms with Crippen LogP contribution in [-0.2, 0) is 4.79 Å². The van der Waals surface area contributed by atoms with Crippen LogP contribution >= 0.6 is 11.6 Å². The molecule has 21 heavy (non-hydrogen) atoms. The zero-order valence-corrected chi connectivity index (χ0v) is 12.0. The number of anilines is 1. The van der Waals surface area contributed by atoms with Gasteiger partial charge in [0.15, 0.2) is 11.2 Å². The van der Waals surface area contributed by atoms with Crippen molar-refractivity contribution in [2.75, 3.05) is 11.2 Å². The fraction of sp³-hybridized carbons (Fsp3) is 0.133. The van der Waals surface area contributed by atoms with Gasteiger partial charge in [0.25, 0.3) is 0 Å². The van der Waals surface area contributed by atoms with Crippen LogP contribution in [0.5, 0.6) is 0 Å². The maximum absolute atomic E-state index is 11.4. The molecular weight excluding hydrogens is 290 g/mol. The van der Waals surface area contributed by atoms with E-state index in [0.29, 0.717) is 22.8 Å². The van der Waals surface area contributed by atoms with Crippen molar-refractivity contribution in [2.45, 2.75) is 6.92 Å². The molecule has 0 aliphatic carbocycles. The Hall–Kier alpha value is -2.40. The summed E-state index contributed by atoms with van der Waals surface area (Å²) in [6.07, 6.45) is 1.67. The third kappa shape index (κ3) is 2.60. The summed E-state index contributed by atoms with van der Waals surface area (Å²) in [5, 5.41) is 2.75. The lowest BCUT2D eigenvalue weighted by molar-refractivity contribution is -0.113. The zero-order chi connectivity index (χ0) is 14.8. The molecule has 0 saturated heterocycles. The normalized spacial score (nSPS) is 10.8. The smallest absolute Gasteiger partial charge is 0.239 e. The molecule has 0 aliphatic rings. The Morgan fingerprint density at radius 3 is 2.95 bits per heavy atom. The molecule has 106 valence electrons. The van der Waals surface area contributed by atoms with Crippen molar-refractivity contribution in [3.05, 3.63) is 42.1 Å². The molecule has 0 saturated carbocycles. The largest absolute Gasteiger partial charge is 0.434 e. The number of carbonyl (C=O) groups excluding carboxylic acids is 1. The van der Waals surface area contributed by atoms with Crippen LogP contribution < -0.4 is 5.32 Å². The average molecular weight is 302 g/mol. The van der Waals surface area contributed by atoms with Crippen molar-refractivity contribution >= 4 is 34.4 Å². The number of hydrogen-bond acceptors (Lipinski definition) is 4. The highest BCUT2D eigenvalue weighted by Crippen LogP contribution is 2.29. The van der Waals surface area contributed by atoms with Crippen LogP contribution in [0.4, 0.5) is 5.69 Å². The highest BCUT2D eigenvalue weighted by atomic mass is 35.5. The van der Waals surface area contributed by atoms with E-state index in [4.69, 9.17) is 16.0 Å². The van der Waals surface area contributed by atoms with Gasteiger partial charge in [0.1, 0.15) is 5.88 Å².